The average molecular weight is 243 g/mol. The zero-order valence-corrected chi connectivity index (χ0v) is 6.89. The monoisotopic (exact) mass is 241 g/mol. The molecular weight excluding hydrogens is 239 g/mol. The molecule has 0 aliphatic carbocycles. The van der Waals surface area contributed by atoms with Gasteiger partial charge in [0.25, 0.3) is 0 Å². The van der Waals surface area contributed by atoms with E-state index in [2.05, 4.69) is 0 Å². The summed E-state index contributed by atoms with van der Waals surface area (Å²) in [5.41, 5.74) is 0. The standard InChI is InChI=1S/2BrH.HO3P/c;;1-4(2)3/h2*1H;(H-,1,2,3)/p+1. The molecule has 0 unspecified atom stereocenters. The Bertz CT molecular complexity index is 31.8. The van der Waals surface area contributed by atoms with Crippen molar-refractivity contribution >= 4 is 42.2 Å². The Morgan fingerprint density at radius 3 is 1.17 bits per heavy atom. The van der Waals surface area contributed by atoms with Crippen LogP contribution in [-0.4, -0.2) is 9.79 Å². The Kier molecular flexibility index (Phi) is 24.6. The first-order valence-corrected chi connectivity index (χ1v) is 1.75. The molecule has 0 saturated carbocycles. The molecule has 0 aromatic heterocycles. The summed E-state index contributed by atoms with van der Waals surface area (Å²) in [6.07, 6.45) is 0. The van der Waals surface area contributed by atoms with Gasteiger partial charge in [-0.15, -0.1) is 43.7 Å². The van der Waals surface area contributed by atoms with E-state index in [4.69, 9.17) is 14.4 Å². The smallest absolute Gasteiger partial charge is 0.134 e. The number of hydrogen-bond donors (Lipinski definition) is 2. The van der Waals surface area contributed by atoms with Crippen LogP contribution in [0.4, 0.5) is 0 Å². The minimum Gasteiger partial charge on any atom is -0.134 e. The van der Waals surface area contributed by atoms with E-state index in [1.54, 1.807) is 0 Å². The summed E-state index contributed by atoms with van der Waals surface area (Å²) >= 11 is 0. The van der Waals surface area contributed by atoms with E-state index in [0.29, 0.717) is 0 Å². The Labute approximate surface area is 56.9 Å². The van der Waals surface area contributed by atoms with Crippen LogP contribution in [0.2, 0.25) is 0 Å². The highest BCUT2D eigenvalue weighted by Gasteiger charge is 1.93. The van der Waals surface area contributed by atoms with Crippen molar-refractivity contribution < 1.29 is 14.4 Å². The molecule has 3 nitrogen and oxygen atoms in total. The summed E-state index contributed by atoms with van der Waals surface area (Å²) in [4.78, 5) is 14.2. The molecule has 0 saturated heterocycles. The van der Waals surface area contributed by atoms with E-state index in [1.807, 2.05) is 0 Å². The van der Waals surface area contributed by atoms with Gasteiger partial charge in [-0.05, 0) is 0 Å². The summed E-state index contributed by atoms with van der Waals surface area (Å²) in [5, 5.41) is 0. The maximum atomic E-state index is 8.70. The minimum absolute atomic E-state index is 0. The Balaban J connectivity index is -0.0000000450. The Morgan fingerprint density at radius 2 is 1.17 bits per heavy atom. The SMILES string of the molecule is Br.Br.O=[P+](O)O. The van der Waals surface area contributed by atoms with Gasteiger partial charge in [0.15, 0.2) is 0 Å². The van der Waals surface area contributed by atoms with Crippen LogP contribution >= 0.6 is 42.2 Å². The first-order chi connectivity index (χ1) is 1.73. The summed E-state index contributed by atoms with van der Waals surface area (Å²) in [5.74, 6) is 0. The third kappa shape index (κ3) is 82.1. The Hall–Kier alpha value is 0.980. The van der Waals surface area contributed by atoms with Gasteiger partial charge in [0, 0.05) is 4.57 Å². The van der Waals surface area contributed by atoms with Crippen LogP contribution in [0.5, 0.6) is 0 Å². The van der Waals surface area contributed by atoms with Gasteiger partial charge in [-0.3, -0.25) is 0 Å². The van der Waals surface area contributed by atoms with Crippen molar-refractivity contribution in [2.24, 2.45) is 0 Å². The van der Waals surface area contributed by atoms with Crippen LogP contribution in [0.1, 0.15) is 0 Å². The lowest BCUT2D eigenvalue weighted by Gasteiger charge is -1.34. The lowest BCUT2D eigenvalue weighted by molar-refractivity contribution is 0.405. The number of hydrogen-bond acceptors (Lipinski definition) is 1. The van der Waals surface area contributed by atoms with Crippen LogP contribution in [-0.2, 0) is 4.57 Å². The minimum atomic E-state index is -2.87. The molecule has 0 bridgehead atoms. The Morgan fingerprint density at radius 1 is 1.17 bits per heavy atom. The van der Waals surface area contributed by atoms with Crippen LogP contribution in [0.3, 0.4) is 0 Å². The van der Waals surface area contributed by atoms with Crippen LogP contribution in [0, 0.1) is 0 Å². The fourth-order valence-corrected chi connectivity index (χ4v) is 0. The van der Waals surface area contributed by atoms with Gasteiger partial charge in [-0.25, -0.2) is 0 Å². The molecule has 0 aliphatic rings. The fourth-order valence-electron chi connectivity index (χ4n) is 0. The quantitative estimate of drug-likeness (QED) is 0.618. The molecule has 0 spiro atoms. The molecule has 6 heteroatoms. The van der Waals surface area contributed by atoms with Crippen LogP contribution in [0.25, 0.3) is 0 Å². The first-order valence-electron chi connectivity index (χ1n) is 0.583. The lowest BCUT2D eigenvalue weighted by atomic mass is 15.8. The second-order valence-corrected chi connectivity index (χ2v) is 0.758. The molecular formula is H4Br2O3P+. The van der Waals surface area contributed by atoms with E-state index in [9.17, 15) is 0 Å². The van der Waals surface area contributed by atoms with Crippen molar-refractivity contribution in [1.29, 1.82) is 0 Å². The molecule has 0 heterocycles. The molecule has 0 fully saturated rings. The molecule has 0 atom stereocenters. The molecule has 0 rings (SSSR count). The molecule has 2 N–H and O–H groups in total. The van der Waals surface area contributed by atoms with Crippen molar-refractivity contribution in [3.05, 3.63) is 0 Å². The first kappa shape index (κ1) is 15.8. The predicted octanol–water partition coefficient (Wildman–Crippen LogP) is 0.784. The highest BCUT2D eigenvalue weighted by Crippen LogP contribution is 1.98. The summed E-state index contributed by atoms with van der Waals surface area (Å²) in [6, 6.07) is 0. The number of halogens is 2. The topological polar surface area (TPSA) is 57.5 Å². The molecule has 6 heavy (non-hydrogen) atoms. The van der Waals surface area contributed by atoms with E-state index in [0.717, 1.165) is 0 Å². The van der Waals surface area contributed by atoms with Crippen molar-refractivity contribution in [2.45, 2.75) is 0 Å². The molecule has 40 valence electrons. The fraction of sp³-hybridized carbons (Fsp3) is 0. The predicted molar refractivity (Wildman–Crippen MR) is 32.7 cm³/mol. The van der Waals surface area contributed by atoms with Crippen LogP contribution in [0.15, 0.2) is 0 Å². The summed E-state index contributed by atoms with van der Waals surface area (Å²) in [6.45, 7) is 0. The van der Waals surface area contributed by atoms with Gasteiger partial charge in [-0.1, -0.05) is 0 Å². The van der Waals surface area contributed by atoms with Crippen molar-refractivity contribution in [1.82, 2.24) is 0 Å². The molecule has 0 radical (unpaired) electrons. The molecule has 0 amide bonds. The van der Waals surface area contributed by atoms with E-state index in [-0.39, 0.29) is 34.0 Å². The van der Waals surface area contributed by atoms with Gasteiger partial charge in [0.05, 0.1) is 0 Å². The van der Waals surface area contributed by atoms with Crippen molar-refractivity contribution in [3.63, 3.8) is 0 Å². The maximum Gasteiger partial charge on any atom is 0.692 e. The largest absolute Gasteiger partial charge is 0.692 e. The van der Waals surface area contributed by atoms with E-state index < -0.39 is 8.25 Å². The average Bonchev–Trinajstić information content (AvgIpc) is 0.811. The number of rotatable bonds is 0. The summed E-state index contributed by atoms with van der Waals surface area (Å²) in [7, 11) is -2.87. The highest BCUT2D eigenvalue weighted by atomic mass is 79.9. The summed E-state index contributed by atoms with van der Waals surface area (Å²) < 4.78 is 8.70. The third-order valence-corrected chi connectivity index (χ3v) is 0. The normalized spacial score (nSPS) is 4.33. The van der Waals surface area contributed by atoms with Gasteiger partial charge in [0.1, 0.15) is 0 Å². The lowest BCUT2D eigenvalue weighted by Crippen LogP contribution is -1.38. The highest BCUT2D eigenvalue weighted by molar-refractivity contribution is 8.93. The second kappa shape index (κ2) is 9.36. The van der Waals surface area contributed by atoms with Gasteiger partial charge in [0.2, 0.25) is 0 Å². The van der Waals surface area contributed by atoms with Crippen molar-refractivity contribution in [2.75, 3.05) is 0 Å². The molecule has 0 aliphatic heterocycles. The van der Waals surface area contributed by atoms with Crippen molar-refractivity contribution in [3.8, 4) is 0 Å². The molecule has 0 aromatic carbocycles. The van der Waals surface area contributed by atoms with Gasteiger partial charge < -0.3 is 0 Å². The van der Waals surface area contributed by atoms with E-state index >= 15 is 0 Å². The zero-order valence-electron chi connectivity index (χ0n) is 2.57. The zero-order chi connectivity index (χ0) is 3.58. The second-order valence-electron chi connectivity index (χ2n) is 0.253. The van der Waals surface area contributed by atoms with E-state index in [1.165, 1.54) is 0 Å². The van der Waals surface area contributed by atoms with Gasteiger partial charge in [-0.2, -0.15) is 0 Å². The maximum absolute atomic E-state index is 8.70. The third-order valence-electron chi connectivity index (χ3n) is 0. The van der Waals surface area contributed by atoms with Crippen LogP contribution < -0.4 is 0 Å². The molecule has 0 aromatic rings. The van der Waals surface area contributed by atoms with Gasteiger partial charge >= 0.3 is 8.25 Å².